The number of aliphatic hydroxyl groups excluding tert-OH is 3. The third kappa shape index (κ3) is 4.23. The minimum absolute atomic E-state index is 0. The van der Waals surface area contributed by atoms with Gasteiger partial charge in [-0.25, -0.2) is 16.8 Å². The second-order valence-electron chi connectivity index (χ2n) is 3.95. The van der Waals surface area contributed by atoms with E-state index in [1.807, 2.05) is 0 Å². The molecule has 0 aliphatic rings. The monoisotopic (exact) mass is 451 g/mol. The zero-order chi connectivity index (χ0) is 19.9. The van der Waals surface area contributed by atoms with E-state index in [0.29, 0.717) is 0 Å². The van der Waals surface area contributed by atoms with Gasteiger partial charge in [-0.1, -0.05) is 0 Å². The lowest BCUT2D eigenvalue weighted by Crippen LogP contribution is -2.57. The Bertz CT molecular complexity index is 703. The van der Waals surface area contributed by atoms with Crippen LogP contribution in [0, 0.1) is 0 Å². The van der Waals surface area contributed by atoms with Gasteiger partial charge >= 0.3 is 15.8 Å². The van der Waals surface area contributed by atoms with Crippen molar-refractivity contribution in [1.29, 1.82) is 0 Å². The molecule has 0 aromatic carbocycles. The number of hydrogen-bond donors (Lipinski definition) is 3. The van der Waals surface area contributed by atoms with E-state index < -0.39 is 64.0 Å². The highest BCUT2D eigenvalue weighted by Gasteiger charge is 2.68. The third-order valence-electron chi connectivity index (χ3n) is 2.36. The first-order chi connectivity index (χ1) is 10.3. The fourth-order valence-corrected chi connectivity index (χ4v) is 4.36. The van der Waals surface area contributed by atoms with Crippen LogP contribution in [-0.4, -0.2) is 79.6 Å². The van der Waals surface area contributed by atoms with Gasteiger partial charge in [-0.2, -0.15) is 26.3 Å². The first-order valence-corrected chi connectivity index (χ1v) is 9.15. The van der Waals surface area contributed by atoms with Gasteiger partial charge in [0.2, 0.25) is 10.9 Å². The van der Waals surface area contributed by atoms with Gasteiger partial charge in [0.05, 0.1) is 0 Å². The lowest BCUT2D eigenvalue weighted by atomic mass is 10.7. The first kappa shape index (κ1) is 26.7. The average Bonchev–Trinajstić information content (AvgIpc) is 2.44. The van der Waals surface area contributed by atoms with Crippen molar-refractivity contribution < 1.29 is 72.7 Å². The summed E-state index contributed by atoms with van der Waals surface area (Å²) in [5.74, 6) is 0. The average molecular weight is 451 g/mol. The van der Waals surface area contributed by atoms with Crippen LogP contribution >= 0.6 is 0 Å². The molecule has 154 valence electrons. The molecule has 0 heterocycles. The lowest BCUT2D eigenvalue weighted by molar-refractivity contribution is -0.0350. The molecule has 0 aromatic heterocycles. The fourth-order valence-electron chi connectivity index (χ4n) is 0.986. The quantitative estimate of drug-likeness (QED) is 0.259. The number of hydrogen-bond acceptors (Lipinski definition) is 9. The number of alkyl halides is 6. The summed E-state index contributed by atoms with van der Waals surface area (Å²) in [6, 6.07) is 0. The van der Waals surface area contributed by atoms with E-state index in [1.165, 1.54) is 0 Å². The third-order valence-corrected chi connectivity index (χ3v) is 7.04. The minimum atomic E-state index is -7.26. The van der Waals surface area contributed by atoms with Crippen LogP contribution < -0.4 is 0 Å². The number of rotatable bonds is 8. The number of halogens is 6. The summed E-state index contributed by atoms with van der Waals surface area (Å²) in [5.41, 5.74) is -9.71. The van der Waals surface area contributed by atoms with Crippen LogP contribution in [0.25, 0.3) is 0 Å². The van der Waals surface area contributed by atoms with Crippen LogP contribution in [0.3, 0.4) is 0 Å². The summed E-state index contributed by atoms with van der Waals surface area (Å²) in [7, 11) is -14.2. The van der Waals surface area contributed by atoms with Gasteiger partial charge in [-0.15, -0.1) is 0 Å². The van der Waals surface area contributed by atoms with E-state index in [0.717, 1.165) is 0 Å². The van der Waals surface area contributed by atoms with Crippen molar-refractivity contribution in [3.63, 3.8) is 0 Å². The molecule has 0 spiro atoms. The van der Waals surface area contributed by atoms with Gasteiger partial charge in [0.15, 0.2) is 0 Å². The maximum Gasteiger partial charge on any atom is 0.387 e. The topological polar surface area (TPSA) is 201 Å². The molecule has 19 heteroatoms. The van der Waals surface area contributed by atoms with Crippen LogP contribution in [0.15, 0.2) is 0 Å². The highest BCUT2D eigenvalue weighted by Crippen LogP contribution is 2.40. The molecule has 0 bridgehead atoms. The summed E-state index contributed by atoms with van der Waals surface area (Å²) >= 11 is -4.81. The molecular formula is C6H9F6O10S3-. The van der Waals surface area contributed by atoms with Gasteiger partial charge in [-0.3, -0.25) is 4.21 Å². The molecule has 0 rings (SSSR count). The summed E-state index contributed by atoms with van der Waals surface area (Å²) in [4.78, 5) is 0. The van der Waals surface area contributed by atoms with Crippen molar-refractivity contribution in [3.8, 4) is 0 Å². The summed E-state index contributed by atoms with van der Waals surface area (Å²) in [6.07, 6.45) is 0. The maximum atomic E-state index is 13.5. The number of sulfone groups is 2. The van der Waals surface area contributed by atoms with E-state index in [9.17, 15) is 51.9 Å². The van der Waals surface area contributed by atoms with Crippen molar-refractivity contribution in [2.24, 2.45) is 0 Å². The van der Waals surface area contributed by atoms with Crippen molar-refractivity contribution in [2.45, 2.75) is 26.6 Å². The largest absolute Gasteiger partial charge is 0.768 e. The maximum absolute atomic E-state index is 13.5. The number of aliphatic hydroxyl groups is 3. The van der Waals surface area contributed by atoms with Crippen LogP contribution in [0.1, 0.15) is 0 Å². The van der Waals surface area contributed by atoms with Gasteiger partial charge in [0.25, 0.3) is 19.7 Å². The van der Waals surface area contributed by atoms with Crippen molar-refractivity contribution in [3.05, 3.63) is 0 Å². The SMILES string of the molecule is O.O=S([O-])C(F)(F)C(O)S(=O)(=O)C(F)(F)C(O)S(=O)(=O)C(F)(F)CO. The summed E-state index contributed by atoms with van der Waals surface area (Å²) < 4.78 is 143. The normalized spacial score (nSPS) is 18.2. The second-order valence-corrected chi connectivity index (χ2v) is 9.18. The highest BCUT2D eigenvalue weighted by atomic mass is 32.2. The van der Waals surface area contributed by atoms with E-state index in [4.69, 9.17) is 15.3 Å². The molecule has 25 heavy (non-hydrogen) atoms. The van der Waals surface area contributed by atoms with Gasteiger partial charge in [-0.05, 0) is 0 Å². The Kier molecular flexibility index (Phi) is 8.08. The zero-order valence-electron chi connectivity index (χ0n) is 11.1. The van der Waals surface area contributed by atoms with E-state index in [2.05, 4.69) is 0 Å². The van der Waals surface area contributed by atoms with E-state index in [-0.39, 0.29) is 5.48 Å². The predicted molar refractivity (Wildman–Crippen MR) is 64.3 cm³/mol. The van der Waals surface area contributed by atoms with Crippen LogP contribution in [0.2, 0.25) is 0 Å². The highest BCUT2D eigenvalue weighted by molar-refractivity contribution is 7.97. The molecule has 0 aliphatic heterocycles. The molecule has 3 unspecified atom stereocenters. The molecule has 0 aliphatic carbocycles. The molecule has 0 saturated heterocycles. The molecule has 0 fully saturated rings. The Morgan fingerprint density at radius 3 is 1.56 bits per heavy atom. The van der Waals surface area contributed by atoms with Crippen molar-refractivity contribution in [1.82, 2.24) is 0 Å². The Balaban J connectivity index is 0. The summed E-state index contributed by atoms with van der Waals surface area (Å²) in [6.45, 7) is -2.69. The second kappa shape index (κ2) is 7.58. The molecule has 5 N–H and O–H groups in total. The Hall–Kier alpha value is -0.570. The lowest BCUT2D eigenvalue weighted by Gasteiger charge is -2.30. The van der Waals surface area contributed by atoms with Crippen LogP contribution in [0.4, 0.5) is 26.3 Å². The molecule has 0 radical (unpaired) electrons. The Labute approximate surface area is 137 Å². The predicted octanol–water partition coefficient (Wildman–Crippen LogP) is -2.72. The summed E-state index contributed by atoms with van der Waals surface area (Å²) in [5, 5.41) is 7.74. The first-order valence-electron chi connectivity index (χ1n) is 4.98. The van der Waals surface area contributed by atoms with Crippen molar-refractivity contribution >= 4 is 30.8 Å². The molecular weight excluding hydrogens is 442 g/mol. The zero-order valence-corrected chi connectivity index (χ0v) is 13.6. The van der Waals surface area contributed by atoms with E-state index in [1.54, 1.807) is 0 Å². The van der Waals surface area contributed by atoms with Crippen LogP contribution in [0.5, 0.6) is 0 Å². The molecule has 0 aromatic rings. The standard InChI is InChI=1S/C6H8F6O9S3.H2O/c7-4(8,1-13)23(18,19)3(15)6(11,12)24(20,21)2(14)5(9,10)22(16)17;/h2-3,13-15H,1H2,(H,16,17);1H2/p-1. The molecule has 10 nitrogen and oxygen atoms in total. The van der Waals surface area contributed by atoms with Gasteiger partial charge in [0, 0.05) is 11.1 Å². The van der Waals surface area contributed by atoms with Gasteiger partial charge in [0.1, 0.15) is 6.61 Å². The van der Waals surface area contributed by atoms with Crippen molar-refractivity contribution in [2.75, 3.05) is 6.61 Å². The molecule has 0 amide bonds. The molecule has 0 saturated carbocycles. The molecule has 3 atom stereocenters. The Morgan fingerprint density at radius 2 is 1.28 bits per heavy atom. The van der Waals surface area contributed by atoms with Crippen LogP contribution in [-0.2, 0) is 30.8 Å². The fraction of sp³-hybridized carbons (Fsp3) is 1.00. The van der Waals surface area contributed by atoms with Gasteiger partial charge < -0.3 is 25.3 Å². The van der Waals surface area contributed by atoms with E-state index >= 15 is 0 Å². The smallest absolute Gasteiger partial charge is 0.387 e. The minimum Gasteiger partial charge on any atom is -0.768 e. The Morgan fingerprint density at radius 1 is 0.920 bits per heavy atom.